The van der Waals surface area contributed by atoms with Crippen LogP contribution >= 0.6 is 0 Å². The molecule has 0 heterocycles. The highest BCUT2D eigenvalue weighted by Gasteiger charge is 2.15. The number of ether oxygens (including phenoxy) is 1. The summed E-state index contributed by atoms with van der Waals surface area (Å²) in [5.74, 6) is -1.01. The Morgan fingerprint density at radius 2 is 1.38 bits per heavy atom. The van der Waals surface area contributed by atoms with Crippen LogP contribution in [0.1, 0.15) is 90.4 Å². The first-order chi connectivity index (χ1) is 12.5. The van der Waals surface area contributed by atoms with Crippen LogP contribution in [0.5, 0.6) is 0 Å². The van der Waals surface area contributed by atoms with Crippen LogP contribution < -0.4 is 5.32 Å². The minimum Gasteiger partial charge on any atom is -0.466 e. The maximum Gasteiger partial charge on any atom is 0.334 e. The van der Waals surface area contributed by atoms with E-state index in [2.05, 4.69) is 23.6 Å². The molecule has 26 heavy (non-hydrogen) atoms. The molecule has 5 nitrogen and oxygen atoms in total. The second-order valence-corrected chi connectivity index (χ2v) is 7.01. The molecule has 0 aliphatic rings. The van der Waals surface area contributed by atoms with Crippen LogP contribution in [0.15, 0.2) is 12.2 Å². The molecular formula is C21H39NO4. The third kappa shape index (κ3) is 13.9. The summed E-state index contributed by atoms with van der Waals surface area (Å²) in [6, 6.07) is 0. The van der Waals surface area contributed by atoms with Gasteiger partial charge >= 0.3 is 5.97 Å². The van der Waals surface area contributed by atoms with Gasteiger partial charge in [0.05, 0.1) is 7.11 Å². The highest BCUT2D eigenvalue weighted by molar-refractivity contribution is 5.89. The quantitative estimate of drug-likeness (QED) is 0.228. The predicted molar refractivity (Wildman–Crippen MR) is 106 cm³/mol. The van der Waals surface area contributed by atoms with E-state index in [1.165, 1.54) is 64.9 Å². The molecule has 0 fully saturated rings. The fourth-order valence-electron chi connectivity index (χ4n) is 2.84. The maximum absolute atomic E-state index is 11.7. The van der Waals surface area contributed by atoms with Crippen molar-refractivity contribution in [3.8, 4) is 0 Å². The molecule has 1 unspecified atom stereocenters. The molecule has 0 bridgehead atoms. The van der Waals surface area contributed by atoms with E-state index in [-0.39, 0.29) is 12.1 Å². The first-order valence-electron chi connectivity index (χ1n) is 10.2. The van der Waals surface area contributed by atoms with E-state index < -0.39 is 18.0 Å². The first kappa shape index (κ1) is 24.6. The average Bonchev–Trinajstić information content (AvgIpc) is 2.65. The van der Waals surface area contributed by atoms with Crippen LogP contribution in [0.4, 0.5) is 0 Å². The van der Waals surface area contributed by atoms with E-state index in [1.54, 1.807) is 0 Å². The summed E-state index contributed by atoms with van der Waals surface area (Å²) in [6.07, 6.45) is 14.4. The number of carbonyl (C=O) groups is 2. The molecular weight excluding hydrogens is 330 g/mol. The number of hydrogen-bond donors (Lipinski definition) is 2. The SMILES string of the molecule is C=C(CNC(=O)C(O)CCCCCCCCCCCCCC)C(=O)OC. The van der Waals surface area contributed by atoms with Crippen LogP contribution in [-0.2, 0) is 14.3 Å². The number of methoxy groups -OCH3 is 1. The summed E-state index contributed by atoms with van der Waals surface area (Å²) in [4.78, 5) is 22.9. The molecule has 0 aliphatic carbocycles. The van der Waals surface area contributed by atoms with Crippen LogP contribution in [-0.4, -0.2) is 36.7 Å². The fourth-order valence-corrected chi connectivity index (χ4v) is 2.84. The van der Waals surface area contributed by atoms with Gasteiger partial charge in [0.1, 0.15) is 6.10 Å². The van der Waals surface area contributed by atoms with E-state index >= 15 is 0 Å². The van der Waals surface area contributed by atoms with Crippen LogP contribution in [0.25, 0.3) is 0 Å². The lowest BCUT2D eigenvalue weighted by Crippen LogP contribution is -2.36. The van der Waals surface area contributed by atoms with Crippen molar-refractivity contribution in [1.82, 2.24) is 5.32 Å². The summed E-state index contributed by atoms with van der Waals surface area (Å²) >= 11 is 0. The topological polar surface area (TPSA) is 75.6 Å². The number of aliphatic hydroxyl groups excluding tert-OH is 1. The number of rotatable bonds is 17. The lowest BCUT2D eigenvalue weighted by molar-refractivity contribution is -0.136. The summed E-state index contributed by atoms with van der Waals surface area (Å²) in [6.45, 7) is 5.77. The van der Waals surface area contributed by atoms with E-state index in [4.69, 9.17) is 0 Å². The molecule has 0 aliphatic heterocycles. The van der Waals surface area contributed by atoms with Crippen molar-refractivity contribution in [3.05, 3.63) is 12.2 Å². The molecule has 0 aromatic heterocycles. The molecule has 5 heteroatoms. The first-order valence-corrected chi connectivity index (χ1v) is 10.2. The molecule has 2 N–H and O–H groups in total. The zero-order valence-corrected chi connectivity index (χ0v) is 16.9. The van der Waals surface area contributed by atoms with Gasteiger partial charge in [0.25, 0.3) is 0 Å². The monoisotopic (exact) mass is 369 g/mol. The maximum atomic E-state index is 11.7. The van der Waals surface area contributed by atoms with Crippen molar-refractivity contribution >= 4 is 11.9 Å². The molecule has 0 rings (SSSR count). The highest BCUT2D eigenvalue weighted by atomic mass is 16.5. The van der Waals surface area contributed by atoms with Crippen LogP contribution in [0.2, 0.25) is 0 Å². The van der Waals surface area contributed by atoms with Gasteiger partial charge in [-0.15, -0.1) is 0 Å². The van der Waals surface area contributed by atoms with E-state index in [0.29, 0.717) is 6.42 Å². The molecule has 152 valence electrons. The number of carbonyl (C=O) groups excluding carboxylic acids is 2. The van der Waals surface area contributed by atoms with Gasteiger partial charge in [-0.25, -0.2) is 4.79 Å². The molecule has 0 spiro atoms. The Labute approximate surface area is 159 Å². The predicted octanol–water partition coefficient (Wildman–Crippen LogP) is 4.28. The van der Waals surface area contributed by atoms with Gasteiger partial charge in [-0.05, 0) is 6.42 Å². The van der Waals surface area contributed by atoms with Crippen LogP contribution in [0, 0.1) is 0 Å². The summed E-state index contributed by atoms with van der Waals surface area (Å²) in [5.41, 5.74) is 0.165. The summed E-state index contributed by atoms with van der Waals surface area (Å²) in [7, 11) is 1.26. The van der Waals surface area contributed by atoms with Crippen molar-refractivity contribution in [2.75, 3.05) is 13.7 Å². The van der Waals surface area contributed by atoms with Gasteiger partial charge in [0.15, 0.2) is 0 Å². The third-order valence-electron chi connectivity index (χ3n) is 4.58. The van der Waals surface area contributed by atoms with Gasteiger partial charge < -0.3 is 15.2 Å². The standard InChI is InChI=1S/C21H39NO4/c1-4-5-6-7-8-9-10-11-12-13-14-15-16-19(23)20(24)22-17-18(2)21(25)26-3/h19,23H,2,4-17H2,1,3H3,(H,22,24). The Hall–Kier alpha value is -1.36. The molecule has 0 saturated carbocycles. The summed E-state index contributed by atoms with van der Waals surface area (Å²) in [5, 5.41) is 12.3. The molecule has 1 amide bonds. The molecule has 0 aromatic carbocycles. The second-order valence-electron chi connectivity index (χ2n) is 7.01. The number of aliphatic hydroxyl groups is 1. The zero-order chi connectivity index (χ0) is 19.6. The largest absolute Gasteiger partial charge is 0.466 e. The minimum absolute atomic E-state index is 0.00100. The normalized spacial score (nSPS) is 11.8. The van der Waals surface area contributed by atoms with Crippen molar-refractivity contribution in [2.24, 2.45) is 0 Å². The second kappa shape index (κ2) is 17.1. The van der Waals surface area contributed by atoms with E-state index in [9.17, 15) is 14.7 Å². The third-order valence-corrected chi connectivity index (χ3v) is 4.58. The zero-order valence-electron chi connectivity index (χ0n) is 16.9. The number of nitrogens with one attached hydrogen (secondary N) is 1. The van der Waals surface area contributed by atoms with Gasteiger partial charge in [-0.2, -0.15) is 0 Å². The average molecular weight is 370 g/mol. The molecule has 0 radical (unpaired) electrons. The number of esters is 1. The lowest BCUT2D eigenvalue weighted by Gasteiger charge is -2.11. The molecule has 1 atom stereocenters. The highest BCUT2D eigenvalue weighted by Crippen LogP contribution is 2.13. The van der Waals surface area contributed by atoms with Gasteiger partial charge in [-0.3, -0.25) is 4.79 Å². The summed E-state index contributed by atoms with van der Waals surface area (Å²) < 4.78 is 4.50. The lowest BCUT2D eigenvalue weighted by atomic mass is 10.0. The minimum atomic E-state index is -1.02. The van der Waals surface area contributed by atoms with E-state index in [1.807, 2.05) is 0 Å². The Morgan fingerprint density at radius 3 is 1.85 bits per heavy atom. The number of amides is 1. The van der Waals surface area contributed by atoms with Crippen LogP contribution in [0.3, 0.4) is 0 Å². The Kier molecular flexibility index (Phi) is 16.2. The van der Waals surface area contributed by atoms with Crippen molar-refractivity contribution in [3.63, 3.8) is 0 Å². The molecule has 0 saturated heterocycles. The van der Waals surface area contributed by atoms with Gasteiger partial charge in [0, 0.05) is 12.1 Å². The van der Waals surface area contributed by atoms with E-state index in [0.717, 1.165) is 19.3 Å². The smallest absolute Gasteiger partial charge is 0.334 e. The molecule has 0 aromatic rings. The Morgan fingerprint density at radius 1 is 0.923 bits per heavy atom. The Balaban J connectivity index is 3.47. The van der Waals surface area contributed by atoms with Crippen molar-refractivity contribution in [1.29, 1.82) is 0 Å². The Bertz CT molecular complexity index is 395. The fraction of sp³-hybridized carbons (Fsp3) is 0.810. The van der Waals surface area contributed by atoms with Gasteiger partial charge in [0.2, 0.25) is 5.91 Å². The van der Waals surface area contributed by atoms with Crippen molar-refractivity contribution in [2.45, 2.75) is 96.5 Å². The number of hydrogen-bond acceptors (Lipinski definition) is 4. The van der Waals surface area contributed by atoms with Gasteiger partial charge in [-0.1, -0.05) is 90.6 Å². The number of unbranched alkanes of at least 4 members (excludes halogenated alkanes) is 11. The van der Waals surface area contributed by atoms with Crippen molar-refractivity contribution < 1.29 is 19.4 Å².